The minimum atomic E-state index is -4.92. The molecule has 11 heteroatoms. The molecule has 0 fully saturated rings. The molecule has 0 bridgehead atoms. The fourth-order valence-electron chi connectivity index (χ4n) is 2.30. The van der Waals surface area contributed by atoms with Crippen molar-refractivity contribution in [1.82, 2.24) is 9.97 Å². The molecule has 6 nitrogen and oxygen atoms in total. The van der Waals surface area contributed by atoms with Crippen LogP contribution in [0.1, 0.15) is 10.6 Å². The summed E-state index contributed by atoms with van der Waals surface area (Å²) in [5.41, 5.74) is 1.37. The number of benzene rings is 1. The van der Waals surface area contributed by atoms with Gasteiger partial charge in [-0.15, -0.1) is 24.5 Å². The summed E-state index contributed by atoms with van der Waals surface area (Å²) >= 11 is 1.22. The van der Waals surface area contributed by atoms with Gasteiger partial charge in [-0.2, -0.15) is 0 Å². The van der Waals surface area contributed by atoms with E-state index in [0.29, 0.717) is 10.7 Å². The van der Waals surface area contributed by atoms with Crippen molar-refractivity contribution < 1.29 is 26.3 Å². The highest BCUT2D eigenvalue weighted by Crippen LogP contribution is 2.31. The van der Waals surface area contributed by atoms with E-state index in [0.717, 1.165) is 23.8 Å². The molecule has 27 heavy (non-hydrogen) atoms. The van der Waals surface area contributed by atoms with Crippen LogP contribution >= 0.6 is 11.3 Å². The lowest BCUT2D eigenvalue weighted by Gasteiger charge is -2.13. The van der Waals surface area contributed by atoms with E-state index >= 15 is 0 Å². The van der Waals surface area contributed by atoms with Crippen molar-refractivity contribution in [2.24, 2.45) is 5.14 Å². The number of rotatable bonds is 5. The number of hydrogen-bond acceptors (Lipinski definition) is 6. The predicted octanol–water partition coefficient (Wildman–Crippen LogP) is 3.34. The van der Waals surface area contributed by atoms with Gasteiger partial charge in [-0.05, 0) is 30.3 Å². The summed E-state index contributed by atoms with van der Waals surface area (Å²) in [6.45, 7) is 0. The lowest BCUT2D eigenvalue weighted by molar-refractivity contribution is -0.274. The molecule has 0 atom stereocenters. The molecule has 2 heterocycles. The van der Waals surface area contributed by atoms with Crippen LogP contribution in [0.5, 0.6) is 5.75 Å². The Labute approximate surface area is 156 Å². The molecule has 0 amide bonds. The molecular formula is C16H12F3N3O3S2. The zero-order valence-corrected chi connectivity index (χ0v) is 15.1. The third kappa shape index (κ3) is 5.02. The number of sulfonamides is 1. The maximum Gasteiger partial charge on any atom is 0.573 e. The van der Waals surface area contributed by atoms with Crippen molar-refractivity contribution in [2.75, 3.05) is 0 Å². The Balaban J connectivity index is 1.96. The van der Waals surface area contributed by atoms with E-state index in [1.807, 2.05) is 0 Å². The summed E-state index contributed by atoms with van der Waals surface area (Å²) < 4.78 is 64.9. The van der Waals surface area contributed by atoms with Crippen LogP contribution in [-0.2, 0) is 16.4 Å². The number of thiazole rings is 1. The van der Waals surface area contributed by atoms with Gasteiger partial charge >= 0.3 is 6.36 Å². The molecule has 142 valence electrons. The first-order valence-electron chi connectivity index (χ1n) is 7.38. The molecule has 2 N–H and O–H groups in total. The van der Waals surface area contributed by atoms with E-state index in [1.54, 1.807) is 29.9 Å². The number of alkyl halides is 3. The standard InChI is InChI=1S/C16H12F3N3O3S2/c17-16(18,19)25-14-4-3-12(27(20,23)24)6-11(14)7-15-22-13(9-26-15)10-2-1-5-21-8-10/h1-6,8-9H,7H2,(H2,20,23,24). The van der Waals surface area contributed by atoms with Gasteiger partial charge in [0.15, 0.2) is 0 Å². The van der Waals surface area contributed by atoms with Gasteiger partial charge in [-0.1, -0.05) is 0 Å². The second-order valence-electron chi connectivity index (χ2n) is 5.41. The third-order valence-corrected chi connectivity index (χ3v) is 5.20. The Kier molecular flexibility index (Phi) is 5.18. The lowest BCUT2D eigenvalue weighted by Crippen LogP contribution is -2.19. The largest absolute Gasteiger partial charge is 0.573 e. The molecule has 3 rings (SSSR count). The van der Waals surface area contributed by atoms with Crippen LogP contribution in [0.4, 0.5) is 13.2 Å². The first kappa shape index (κ1) is 19.3. The number of primary sulfonamides is 1. The molecule has 0 saturated carbocycles. The van der Waals surface area contributed by atoms with E-state index in [4.69, 9.17) is 5.14 Å². The second kappa shape index (κ2) is 7.25. The highest BCUT2D eigenvalue weighted by atomic mass is 32.2. The average Bonchev–Trinajstić information content (AvgIpc) is 3.03. The van der Waals surface area contributed by atoms with Crippen molar-refractivity contribution in [1.29, 1.82) is 0 Å². The number of aromatic nitrogens is 2. The number of ether oxygens (including phenoxy) is 1. The first-order valence-corrected chi connectivity index (χ1v) is 9.81. The first-order chi connectivity index (χ1) is 12.6. The summed E-state index contributed by atoms with van der Waals surface area (Å²) in [5.74, 6) is -0.506. The number of hydrogen-bond donors (Lipinski definition) is 1. The summed E-state index contributed by atoms with van der Waals surface area (Å²) in [5, 5.41) is 7.28. The number of halogens is 3. The van der Waals surface area contributed by atoms with Crippen LogP contribution in [0.3, 0.4) is 0 Å². The highest BCUT2D eigenvalue weighted by Gasteiger charge is 2.32. The maximum atomic E-state index is 12.6. The Morgan fingerprint density at radius 3 is 2.63 bits per heavy atom. The minimum Gasteiger partial charge on any atom is -0.405 e. The molecule has 0 aliphatic rings. The van der Waals surface area contributed by atoms with Crippen molar-refractivity contribution >= 4 is 21.4 Å². The molecule has 0 aliphatic carbocycles. The number of nitrogens with zero attached hydrogens (tertiary/aromatic N) is 2. The fraction of sp³-hybridized carbons (Fsp3) is 0.125. The van der Waals surface area contributed by atoms with E-state index < -0.39 is 22.1 Å². The molecule has 2 aromatic heterocycles. The monoisotopic (exact) mass is 415 g/mol. The van der Waals surface area contributed by atoms with Crippen molar-refractivity contribution in [3.8, 4) is 17.0 Å². The fourth-order valence-corrected chi connectivity index (χ4v) is 3.69. The second-order valence-corrected chi connectivity index (χ2v) is 7.91. The van der Waals surface area contributed by atoms with Crippen LogP contribution in [0.2, 0.25) is 0 Å². The Morgan fingerprint density at radius 1 is 1.22 bits per heavy atom. The van der Waals surface area contributed by atoms with Gasteiger partial charge < -0.3 is 4.74 Å². The molecule has 0 saturated heterocycles. The van der Waals surface area contributed by atoms with E-state index in [9.17, 15) is 21.6 Å². The molecule has 0 aliphatic heterocycles. The van der Waals surface area contributed by atoms with Gasteiger partial charge in [0.05, 0.1) is 15.6 Å². The molecule has 3 aromatic rings. The van der Waals surface area contributed by atoms with Crippen molar-refractivity contribution in [3.63, 3.8) is 0 Å². The quantitative estimate of drug-likeness (QED) is 0.690. The van der Waals surface area contributed by atoms with Gasteiger partial charge in [0.2, 0.25) is 10.0 Å². The van der Waals surface area contributed by atoms with Crippen LogP contribution in [0.25, 0.3) is 11.3 Å². The van der Waals surface area contributed by atoms with Gasteiger partial charge in [0, 0.05) is 35.3 Å². The lowest BCUT2D eigenvalue weighted by atomic mass is 10.1. The molecule has 0 unspecified atom stereocenters. The van der Waals surface area contributed by atoms with Gasteiger partial charge in [-0.3, -0.25) is 4.98 Å². The van der Waals surface area contributed by atoms with Crippen LogP contribution < -0.4 is 9.88 Å². The smallest absolute Gasteiger partial charge is 0.405 e. The van der Waals surface area contributed by atoms with Crippen molar-refractivity contribution in [2.45, 2.75) is 17.7 Å². The number of nitrogens with two attached hydrogens (primary N) is 1. The minimum absolute atomic E-state index is 0.00550. The Hall–Kier alpha value is -2.50. The van der Waals surface area contributed by atoms with Crippen LogP contribution in [0.15, 0.2) is 53.0 Å². The van der Waals surface area contributed by atoms with Crippen molar-refractivity contribution in [3.05, 3.63) is 58.7 Å². The Morgan fingerprint density at radius 2 is 2.00 bits per heavy atom. The maximum absolute atomic E-state index is 12.6. The molecule has 1 aromatic carbocycles. The normalized spacial score (nSPS) is 12.1. The molecule has 0 spiro atoms. The summed E-state index contributed by atoms with van der Waals surface area (Å²) in [6.07, 6.45) is -1.75. The average molecular weight is 415 g/mol. The summed E-state index contributed by atoms with van der Waals surface area (Å²) in [6, 6.07) is 6.48. The molecule has 0 radical (unpaired) electrons. The van der Waals surface area contributed by atoms with Gasteiger partial charge in [0.25, 0.3) is 0 Å². The topological polar surface area (TPSA) is 95.2 Å². The zero-order valence-electron chi connectivity index (χ0n) is 13.5. The van der Waals surface area contributed by atoms with Crippen LogP contribution in [0, 0.1) is 0 Å². The third-order valence-electron chi connectivity index (χ3n) is 3.44. The molecular weight excluding hydrogens is 403 g/mol. The Bertz CT molecular complexity index is 1050. The van der Waals surface area contributed by atoms with Gasteiger partial charge in [0.1, 0.15) is 5.75 Å². The summed E-state index contributed by atoms with van der Waals surface area (Å²) in [7, 11) is -4.08. The van der Waals surface area contributed by atoms with E-state index in [-0.39, 0.29) is 16.9 Å². The SMILES string of the molecule is NS(=O)(=O)c1ccc(OC(F)(F)F)c(Cc2nc(-c3cccnc3)cs2)c1. The van der Waals surface area contributed by atoms with E-state index in [2.05, 4.69) is 14.7 Å². The van der Waals surface area contributed by atoms with Gasteiger partial charge in [-0.25, -0.2) is 18.5 Å². The predicted molar refractivity (Wildman–Crippen MR) is 92.6 cm³/mol. The summed E-state index contributed by atoms with van der Waals surface area (Å²) in [4.78, 5) is 8.04. The number of pyridine rings is 1. The zero-order chi connectivity index (χ0) is 19.7. The van der Waals surface area contributed by atoms with Crippen LogP contribution in [-0.4, -0.2) is 24.7 Å². The highest BCUT2D eigenvalue weighted by molar-refractivity contribution is 7.89. The van der Waals surface area contributed by atoms with E-state index in [1.165, 1.54) is 11.3 Å².